The van der Waals surface area contributed by atoms with Crippen LogP contribution in [0, 0.1) is 0 Å². The van der Waals surface area contributed by atoms with Crippen molar-refractivity contribution < 1.29 is 36.3 Å². The van der Waals surface area contributed by atoms with Gasteiger partial charge in [-0.05, 0) is 32.0 Å². The summed E-state index contributed by atoms with van der Waals surface area (Å²) in [5.41, 5.74) is -1.65. The Morgan fingerprint density at radius 1 is 1.10 bits per heavy atom. The Morgan fingerprint density at radius 3 is 2.39 bits per heavy atom. The van der Waals surface area contributed by atoms with Gasteiger partial charge in [0.05, 0.1) is 17.3 Å². The van der Waals surface area contributed by atoms with E-state index in [1.54, 1.807) is 6.92 Å². The van der Waals surface area contributed by atoms with Gasteiger partial charge < -0.3 is 15.4 Å². The lowest BCUT2D eigenvalue weighted by Gasteiger charge is -2.17. The lowest BCUT2D eigenvalue weighted by Crippen LogP contribution is -2.31. The maximum absolute atomic E-state index is 13.2. The fraction of sp³-hybridized carbons (Fsp3) is 0.368. The van der Waals surface area contributed by atoms with Crippen LogP contribution in [0.15, 0.2) is 30.6 Å². The third kappa shape index (κ3) is 6.59. The molecule has 1 unspecified atom stereocenters. The molecule has 1 atom stereocenters. The highest BCUT2D eigenvalue weighted by Gasteiger charge is 2.32. The molecule has 2 aromatic rings. The smallest absolute Gasteiger partial charge is 0.416 e. The Kier molecular flexibility index (Phi) is 7.83. The first-order chi connectivity index (χ1) is 14.5. The predicted molar refractivity (Wildman–Crippen MR) is 98.9 cm³/mol. The fourth-order valence-electron chi connectivity index (χ4n) is 2.57. The van der Waals surface area contributed by atoms with Gasteiger partial charge in [0, 0.05) is 24.5 Å². The highest BCUT2D eigenvalue weighted by molar-refractivity contribution is 5.96. The van der Waals surface area contributed by atoms with Gasteiger partial charge >= 0.3 is 6.18 Å². The zero-order chi connectivity index (χ0) is 23.2. The van der Waals surface area contributed by atoms with Crippen molar-refractivity contribution in [3.8, 4) is 5.75 Å². The summed E-state index contributed by atoms with van der Waals surface area (Å²) in [5, 5.41) is 4.97. The molecule has 168 valence electrons. The van der Waals surface area contributed by atoms with Crippen molar-refractivity contribution >= 4 is 11.8 Å². The lowest BCUT2D eigenvalue weighted by molar-refractivity contribution is -0.137. The van der Waals surface area contributed by atoms with Gasteiger partial charge in [-0.2, -0.15) is 13.2 Å². The second-order valence-corrected chi connectivity index (χ2v) is 6.29. The highest BCUT2D eigenvalue weighted by atomic mass is 19.4. The van der Waals surface area contributed by atoms with Gasteiger partial charge in [-0.25, -0.2) is 13.8 Å². The minimum Gasteiger partial charge on any atom is -0.488 e. The first-order valence-electron chi connectivity index (χ1n) is 9.06. The first kappa shape index (κ1) is 24.0. The minimum atomic E-state index is -4.83. The molecule has 0 aliphatic rings. The molecular weight excluding hydrogens is 427 g/mol. The van der Waals surface area contributed by atoms with Crippen LogP contribution in [0.3, 0.4) is 0 Å². The summed E-state index contributed by atoms with van der Waals surface area (Å²) in [7, 11) is 0. The Balaban J connectivity index is 2.31. The fourth-order valence-corrected chi connectivity index (χ4v) is 2.57. The minimum absolute atomic E-state index is 0.0536. The van der Waals surface area contributed by atoms with Crippen LogP contribution in [0.2, 0.25) is 0 Å². The normalized spacial score (nSPS) is 12.4. The molecule has 0 bridgehead atoms. The van der Waals surface area contributed by atoms with Crippen LogP contribution in [0.1, 0.15) is 52.0 Å². The molecule has 2 rings (SSSR count). The largest absolute Gasteiger partial charge is 0.488 e. The van der Waals surface area contributed by atoms with Crippen molar-refractivity contribution in [1.29, 1.82) is 0 Å². The second kappa shape index (κ2) is 10.1. The lowest BCUT2D eigenvalue weighted by atomic mass is 10.1. The van der Waals surface area contributed by atoms with Gasteiger partial charge in [-0.3, -0.25) is 14.6 Å². The molecule has 0 aliphatic heterocycles. The Labute approximate surface area is 174 Å². The number of nitrogens with zero attached hydrogens (tertiary/aromatic N) is 2. The van der Waals surface area contributed by atoms with Crippen LogP contribution in [0.4, 0.5) is 22.0 Å². The molecule has 2 N–H and O–H groups in total. The molecule has 1 aromatic heterocycles. The maximum Gasteiger partial charge on any atom is 0.416 e. The summed E-state index contributed by atoms with van der Waals surface area (Å²) >= 11 is 0. The van der Waals surface area contributed by atoms with E-state index in [9.17, 15) is 31.5 Å². The van der Waals surface area contributed by atoms with Crippen LogP contribution in [-0.4, -0.2) is 41.4 Å². The molecule has 0 saturated heterocycles. The average Bonchev–Trinajstić information content (AvgIpc) is 2.71. The van der Waals surface area contributed by atoms with E-state index in [4.69, 9.17) is 0 Å². The third-order valence-corrected chi connectivity index (χ3v) is 3.91. The summed E-state index contributed by atoms with van der Waals surface area (Å²) in [5.74, 6) is -2.02. The molecule has 0 aliphatic carbocycles. The molecule has 1 heterocycles. The molecule has 1 aromatic carbocycles. The van der Waals surface area contributed by atoms with Gasteiger partial charge in [0.25, 0.3) is 18.2 Å². The molecule has 0 saturated carbocycles. The summed E-state index contributed by atoms with van der Waals surface area (Å²) < 4.78 is 68.8. The van der Waals surface area contributed by atoms with Crippen LogP contribution in [0.25, 0.3) is 0 Å². The van der Waals surface area contributed by atoms with Crippen molar-refractivity contribution in [2.75, 3.05) is 13.2 Å². The second-order valence-electron chi connectivity index (χ2n) is 6.29. The monoisotopic (exact) mass is 446 g/mol. The highest BCUT2D eigenvalue weighted by Crippen LogP contribution is 2.33. The number of amides is 2. The van der Waals surface area contributed by atoms with Gasteiger partial charge in [0.1, 0.15) is 12.4 Å². The zero-order valence-corrected chi connectivity index (χ0v) is 16.5. The molecular formula is C19H19F5N4O3. The van der Waals surface area contributed by atoms with Crippen LogP contribution < -0.4 is 15.4 Å². The molecule has 0 radical (unpaired) electrons. The van der Waals surface area contributed by atoms with Gasteiger partial charge in [0.2, 0.25) is 0 Å². The summed E-state index contributed by atoms with van der Waals surface area (Å²) in [6.07, 6.45) is -5.17. The average molecular weight is 446 g/mol. The van der Waals surface area contributed by atoms with Crippen LogP contribution in [0.5, 0.6) is 5.75 Å². The van der Waals surface area contributed by atoms with Crippen molar-refractivity contribution in [3.63, 3.8) is 0 Å². The summed E-state index contributed by atoms with van der Waals surface area (Å²) in [6, 6.07) is 1.11. The number of halogens is 5. The van der Waals surface area contributed by atoms with Gasteiger partial charge in [-0.1, -0.05) is 0 Å². The van der Waals surface area contributed by atoms with E-state index in [0.29, 0.717) is 18.7 Å². The Bertz CT molecular complexity index is 937. The number of aromatic nitrogens is 2. The number of carbonyl (C=O) groups excluding carboxylic acids is 2. The predicted octanol–water partition coefficient (Wildman–Crippen LogP) is 3.38. The molecule has 12 heteroatoms. The summed E-state index contributed by atoms with van der Waals surface area (Å²) in [6.45, 7) is 2.35. The Morgan fingerprint density at radius 2 is 1.77 bits per heavy atom. The molecule has 0 fully saturated rings. The van der Waals surface area contributed by atoms with E-state index < -0.39 is 53.9 Å². The van der Waals surface area contributed by atoms with E-state index in [1.165, 1.54) is 19.3 Å². The number of alkyl halides is 5. The standard InChI is InChI=1S/C19H19F5N4O3/c1-3-25-18(30)16-15(26-4-5-27-16)10(2)28-17(29)11-6-12(19(22,23)24)8-13(7-11)31-9-14(20)21/h4-8,10,14H,3,9H2,1-2H3,(H,25,30)(H,28,29). The third-order valence-electron chi connectivity index (χ3n) is 3.91. The quantitative estimate of drug-likeness (QED) is 0.607. The number of ether oxygens (including phenoxy) is 1. The maximum atomic E-state index is 13.2. The van der Waals surface area contributed by atoms with E-state index in [-0.39, 0.29) is 11.4 Å². The van der Waals surface area contributed by atoms with Crippen molar-refractivity contribution in [2.24, 2.45) is 0 Å². The van der Waals surface area contributed by atoms with Crippen LogP contribution >= 0.6 is 0 Å². The number of hydrogen-bond acceptors (Lipinski definition) is 5. The summed E-state index contributed by atoms with van der Waals surface area (Å²) in [4.78, 5) is 32.7. The molecule has 31 heavy (non-hydrogen) atoms. The number of rotatable bonds is 8. The number of benzene rings is 1. The number of hydrogen-bond donors (Lipinski definition) is 2. The molecule has 0 spiro atoms. The van der Waals surface area contributed by atoms with E-state index in [2.05, 4.69) is 25.3 Å². The van der Waals surface area contributed by atoms with Crippen molar-refractivity contribution in [1.82, 2.24) is 20.6 Å². The topological polar surface area (TPSA) is 93.2 Å². The van der Waals surface area contributed by atoms with E-state index in [1.807, 2.05) is 0 Å². The Hall–Kier alpha value is -3.31. The van der Waals surface area contributed by atoms with Gasteiger partial charge in [-0.15, -0.1) is 0 Å². The molecule has 2 amide bonds. The van der Waals surface area contributed by atoms with Crippen molar-refractivity contribution in [3.05, 3.63) is 53.1 Å². The molecule has 7 nitrogen and oxygen atoms in total. The van der Waals surface area contributed by atoms with E-state index >= 15 is 0 Å². The number of nitrogens with one attached hydrogen (secondary N) is 2. The van der Waals surface area contributed by atoms with E-state index in [0.717, 1.165) is 6.07 Å². The van der Waals surface area contributed by atoms with Gasteiger partial charge in [0.15, 0.2) is 5.69 Å². The first-order valence-corrected chi connectivity index (χ1v) is 9.06. The zero-order valence-electron chi connectivity index (χ0n) is 16.5. The van der Waals surface area contributed by atoms with Crippen molar-refractivity contribution in [2.45, 2.75) is 32.5 Å². The number of carbonyl (C=O) groups is 2. The van der Waals surface area contributed by atoms with Crippen LogP contribution in [-0.2, 0) is 6.18 Å². The SMILES string of the molecule is CCNC(=O)c1nccnc1C(C)NC(=O)c1cc(OCC(F)F)cc(C(F)(F)F)c1.